The molecule has 0 spiro atoms. The number of amides is 1. The molecule has 0 bridgehead atoms. The molecule has 0 saturated carbocycles. The Balaban J connectivity index is 1.76. The normalized spacial score (nSPS) is 19.7. The Morgan fingerprint density at radius 1 is 1.48 bits per heavy atom. The summed E-state index contributed by atoms with van der Waals surface area (Å²) in [4.78, 5) is 17.0. The molecular weight excluding hydrogens is 307 g/mol. The molecule has 8 heteroatoms. The first-order chi connectivity index (χ1) is 9.83. The Bertz CT molecular complexity index is 492. The van der Waals surface area contributed by atoms with E-state index < -0.39 is 12.7 Å². The summed E-state index contributed by atoms with van der Waals surface area (Å²) in [5.41, 5.74) is 0.379. The van der Waals surface area contributed by atoms with E-state index in [9.17, 15) is 18.0 Å². The molecule has 4 nitrogen and oxygen atoms in total. The van der Waals surface area contributed by atoms with Crippen molar-refractivity contribution in [2.75, 3.05) is 26.2 Å². The molecule has 1 N–H and O–H groups in total. The second-order valence-electron chi connectivity index (χ2n) is 5.08. The predicted molar refractivity (Wildman–Crippen MR) is 72.2 cm³/mol. The zero-order valence-electron chi connectivity index (χ0n) is 11.2. The molecule has 2 rings (SSSR count). The molecule has 1 aromatic rings. The maximum absolute atomic E-state index is 12.3. The standard InChI is InChI=1S/C13H15ClF3N3O/c14-11-2-1-10(6-18-11)12(21)19-5-9-3-4-20(7-9)8-13(15,16)17/h1-2,6,9H,3-5,7-8H2,(H,19,21). The fourth-order valence-electron chi connectivity index (χ4n) is 2.33. The molecule has 116 valence electrons. The average molecular weight is 322 g/mol. The van der Waals surface area contributed by atoms with E-state index in [1.54, 1.807) is 6.07 Å². The monoisotopic (exact) mass is 321 g/mol. The van der Waals surface area contributed by atoms with Gasteiger partial charge >= 0.3 is 6.18 Å². The molecule has 1 unspecified atom stereocenters. The van der Waals surface area contributed by atoms with Gasteiger partial charge in [0.25, 0.3) is 5.91 Å². The van der Waals surface area contributed by atoms with Gasteiger partial charge in [0, 0.05) is 19.3 Å². The van der Waals surface area contributed by atoms with Crippen LogP contribution in [0.25, 0.3) is 0 Å². The van der Waals surface area contributed by atoms with Crippen LogP contribution in [0.3, 0.4) is 0 Å². The second-order valence-corrected chi connectivity index (χ2v) is 5.47. The maximum atomic E-state index is 12.3. The first kappa shape index (κ1) is 16.0. The number of aromatic nitrogens is 1. The Hall–Kier alpha value is -1.34. The van der Waals surface area contributed by atoms with Crippen LogP contribution in [0.2, 0.25) is 5.15 Å². The van der Waals surface area contributed by atoms with Gasteiger partial charge in [0.2, 0.25) is 0 Å². The highest BCUT2D eigenvalue weighted by molar-refractivity contribution is 6.29. The van der Waals surface area contributed by atoms with Crippen LogP contribution in [0, 0.1) is 5.92 Å². The number of carbonyl (C=O) groups is 1. The fraction of sp³-hybridized carbons (Fsp3) is 0.538. The van der Waals surface area contributed by atoms with Crippen LogP contribution >= 0.6 is 11.6 Å². The summed E-state index contributed by atoms with van der Waals surface area (Å²) in [6, 6.07) is 3.06. The van der Waals surface area contributed by atoms with Crippen LogP contribution in [0.1, 0.15) is 16.8 Å². The lowest BCUT2D eigenvalue weighted by Crippen LogP contribution is -2.34. The van der Waals surface area contributed by atoms with Crippen molar-refractivity contribution in [2.24, 2.45) is 5.92 Å². The minimum absolute atomic E-state index is 0.0385. The minimum Gasteiger partial charge on any atom is -0.352 e. The van der Waals surface area contributed by atoms with E-state index in [0.29, 0.717) is 36.8 Å². The van der Waals surface area contributed by atoms with Gasteiger partial charge in [0.1, 0.15) is 5.15 Å². The molecule has 0 aromatic carbocycles. The third-order valence-corrected chi connectivity index (χ3v) is 3.54. The average Bonchev–Trinajstić information content (AvgIpc) is 2.82. The van der Waals surface area contributed by atoms with E-state index in [1.165, 1.54) is 17.2 Å². The van der Waals surface area contributed by atoms with Gasteiger partial charge in [-0.1, -0.05) is 11.6 Å². The number of nitrogens with zero attached hydrogens (tertiary/aromatic N) is 2. The quantitative estimate of drug-likeness (QED) is 0.866. The van der Waals surface area contributed by atoms with Gasteiger partial charge in [-0.3, -0.25) is 9.69 Å². The number of likely N-dealkylation sites (tertiary alicyclic amines) is 1. The SMILES string of the molecule is O=C(NCC1CCN(CC(F)(F)F)C1)c1ccc(Cl)nc1. The summed E-state index contributed by atoms with van der Waals surface area (Å²) in [6.07, 6.45) is -2.16. The summed E-state index contributed by atoms with van der Waals surface area (Å²) in [7, 11) is 0. The smallest absolute Gasteiger partial charge is 0.352 e. The number of carbonyl (C=O) groups excluding carboxylic acids is 1. The van der Waals surface area contributed by atoms with Gasteiger partial charge < -0.3 is 5.32 Å². The first-order valence-electron chi connectivity index (χ1n) is 6.52. The van der Waals surface area contributed by atoms with Gasteiger partial charge in [-0.2, -0.15) is 13.2 Å². The molecule has 1 atom stereocenters. The number of rotatable bonds is 4. The minimum atomic E-state index is -4.17. The largest absolute Gasteiger partial charge is 0.401 e. The Morgan fingerprint density at radius 3 is 2.86 bits per heavy atom. The molecule has 1 amide bonds. The van der Waals surface area contributed by atoms with Crippen molar-refractivity contribution in [1.82, 2.24) is 15.2 Å². The molecule has 1 fully saturated rings. The Morgan fingerprint density at radius 2 is 2.24 bits per heavy atom. The summed E-state index contributed by atoms with van der Waals surface area (Å²) in [5, 5.41) is 3.01. The molecule has 1 saturated heterocycles. The Kier molecular flexibility index (Phi) is 5.05. The third kappa shape index (κ3) is 5.17. The number of hydrogen-bond acceptors (Lipinski definition) is 3. The van der Waals surface area contributed by atoms with Crippen LogP contribution < -0.4 is 5.32 Å². The van der Waals surface area contributed by atoms with Gasteiger partial charge in [-0.15, -0.1) is 0 Å². The van der Waals surface area contributed by atoms with Crippen molar-refractivity contribution in [2.45, 2.75) is 12.6 Å². The van der Waals surface area contributed by atoms with Crippen molar-refractivity contribution < 1.29 is 18.0 Å². The fourth-order valence-corrected chi connectivity index (χ4v) is 2.44. The lowest BCUT2D eigenvalue weighted by molar-refractivity contribution is -0.143. The van der Waals surface area contributed by atoms with E-state index in [2.05, 4.69) is 10.3 Å². The molecule has 2 heterocycles. The molecule has 1 aromatic heterocycles. The van der Waals surface area contributed by atoms with Gasteiger partial charge in [0.05, 0.1) is 12.1 Å². The van der Waals surface area contributed by atoms with Crippen molar-refractivity contribution in [1.29, 1.82) is 0 Å². The molecule has 0 radical (unpaired) electrons. The highest BCUT2D eigenvalue weighted by Crippen LogP contribution is 2.22. The van der Waals surface area contributed by atoms with Crippen molar-refractivity contribution in [3.8, 4) is 0 Å². The van der Waals surface area contributed by atoms with Gasteiger partial charge in [-0.25, -0.2) is 4.98 Å². The van der Waals surface area contributed by atoms with Crippen molar-refractivity contribution in [3.05, 3.63) is 29.0 Å². The number of alkyl halides is 3. The van der Waals surface area contributed by atoms with Crippen molar-refractivity contribution in [3.63, 3.8) is 0 Å². The molecule has 1 aliphatic heterocycles. The zero-order chi connectivity index (χ0) is 15.5. The van der Waals surface area contributed by atoms with E-state index in [-0.39, 0.29) is 11.8 Å². The van der Waals surface area contributed by atoms with Crippen LogP contribution in [0.4, 0.5) is 13.2 Å². The summed E-state index contributed by atoms with van der Waals surface area (Å²) >= 11 is 5.63. The van der Waals surface area contributed by atoms with E-state index in [0.717, 1.165) is 0 Å². The van der Waals surface area contributed by atoms with Crippen LogP contribution in [0.15, 0.2) is 18.3 Å². The molecular formula is C13H15ClF3N3O. The van der Waals surface area contributed by atoms with Gasteiger partial charge in [0.15, 0.2) is 0 Å². The van der Waals surface area contributed by atoms with Gasteiger partial charge in [-0.05, 0) is 31.0 Å². The molecule has 1 aliphatic rings. The Labute approximate surface area is 125 Å². The first-order valence-corrected chi connectivity index (χ1v) is 6.90. The number of nitrogens with one attached hydrogen (secondary N) is 1. The number of halogens is 4. The summed E-state index contributed by atoms with van der Waals surface area (Å²) < 4.78 is 36.8. The van der Waals surface area contributed by atoms with Crippen LogP contribution in [0.5, 0.6) is 0 Å². The highest BCUT2D eigenvalue weighted by Gasteiger charge is 2.34. The third-order valence-electron chi connectivity index (χ3n) is 3.31. The van der Waals surface area contributed by atoms with Crippen molar-refractivity contribution >= 4 is 17.5 Å². The molecule has 21 heavy (non-hydrogen) atoms. The zero-order valence-corrected chi connectivity index (χ0v) is 11.9. The van der Waals surface area contributed by atoms with Crippen LogP contribution in [-0.4, -0.2) is 48.1 Å². The van der Waals surface area contributed by atoms with Crippen LogP contribution in [-0.2, 0) is 0 Å². The number of pyridine rings is 1. The highest BCUT2D eigenvalue weighted by atomic mass is 35.5. The number of hydrogen-bond donors (Lipinski definition) is 1. The van der Waals surface area contributed by atoms with E-state index in [4.69, 9.17) is 11.6 Å². The second kappa shape index (κ2) is 6.62. The lowest BCUT2D eigenvalue weighted by atomic mass is 10.1. The topological polar surface area (TPSA) is 45.2 Å². The van der Waals surface area contributed by atoms with E-state index in [1.807, 2.05) is 0 Å². The summed E-state index contributed by atoms with van der Waals surface area (Å²) in [6.45, 7) is 0.218. The summed E-state index contributed by atoms with van der Waals surface area (Å²) in [5.74, 6) is -0.259. The molecule has 0 aliphatic carbocycles. The predicted octanol–water partition coefficient (Wildman–Crippen LogP) is 2.35. The van der Waals surface area contributed by atoms with E-state index >= 15 is 0 Å². The lowest BCUT2D eigenvalue weighted by Gasteiger charge is -2.18. The maximum Gasteiger partial charge on any atom is 0.401 e.